The number of hydrogen-bond acceptors (Lipinski definition) is 10. The van der Waals surface area contributed by atoms with E-state index in [0.29, 0.717) is 70.4 Å². The van der Waals surface area contributed by atoms with Crippen LogP contribution in [-0.2, 0) is 9.47 Å². The molecule has 4 amide bonds. The zero-order valence-corrected chi connectivity index (χ0v) is 34.6. The van der Waals surface area contributed by atoms with Crippen LogP contribution in [0.1, 0.15) is 135 Å². The predicted octanol–water partition coefficient (Wildman–Crippen LogP) is 9.57. The van der Waals surface area contributed by atoms with Gasteiger partial charge in [0, 0.05) is 35.3 Å². The molecule has 0 atom stereocenters. The fourth-order valence-corrected chi connectivity index (χ4v) is 7.30. The second-order valence-corrected chi connectivity index (χ2v) is 14.9. The lowest BCUT2D eigenvalue weighted by atomic mass is 10.0. The van der Waals surface area contributed by atoms with Gasteiger partial charge in [0.2, 0.25) is 0 Å². The average Bonchev–Trinajstić information content (AvgIpc) is 3.74. The minimum atomic E-state index is -0.635. The molecular formula is C54H50N2O10. The Kier molecular flexibility index (Phi) is 17.0. The van der Waals surface area contributed by atoms with Gasteiger partial charge >= 0.3 is 11.9 Å². The first kappa shape index (κ1) is 48.9. The highest BCUT2D eigenvalue weighted by molar-refractivity contribution is 6.22. The number of ether oxygens (including phenoxy) is 2. The van der Waals surface area contributed by atoms with Crippen molar-refractivity contribution in [1.82, 2.24) is 9.80 Å². The summed E-state index contributed by atoms with van der Waals surface area (Å²) in [4.78, 5) is 102. The first-order valence-electron chi connectivity index (χ1n) is 20.8. The van der Waals surface area contributed by atoms with Gasteiger partial charge in [-0.1, -0.05) is 137 Å². The third-order valence-electron chi connectivity index (χ3n) is 10.6. The van der Waals surface area contributed by atoms with E-state index in [-0.39, 0.29) is 74.4 Å². The Hall–Kier alpha value is -8.12. The normalized spacial score (nSPS) is 12.2. The summed E-state index contributed by atoms with van der Waals surface area (Å²) in [6, 6.07) is 43.8. The number of nitrogens with zero attached hydrogens (tertiary/aromatic N) is 2. The van der Waals surface area contributed by atoms with Gasteiger partial charge in [-0.3, -0.25) is 38.6 Å². The maximum absolute atomic E-state index is 12.6. The third kappa shape index (κ3) is 11.3. The Morgan fingerprint density at radius 3 is 0.970 bits per heavy atom. The number of hydrogen-bond donors (Lipinski definition) is 0. The largest absolute Gasteiger partial charge is 0.458 e. The van der Waals surface area contributed by atoms with E-state index in [2.05, 4.69) is 0 Å². The van der Waals surface area contributed by atoms with E-state index >= 15 is 0 Å². The molecule has 0 unspecified atom stereocenters. The number of esters is 2. The molecule has 336 valence electrons. The number of amides is 4. The minimum Gasteiger partial charge on any atom is -0.458 e. The molecule has 0 radical (unpaired) electrons. The Morgan fingerprint density at radius 1 is 0.348 bits per heavy atom. The van der Waals surface area contributed by atoms with E-state index in [1.807, 2.05) is 12.1 Å². The fourth-order valence-electron chi connectivity index (χ4n) is 7.30. The molecule has 2 aliphatic rings. The Morgan fingerprint density at radius 2 is 0.636 bits per heavy atom. The molecule has 8 rings (SSSR count). The number of fused-ring (bicyclic) bond motifs is 2. The SMILES string of the molecule is C.C.O=C(OCCOC(=O)c1cccc(C(=O)c2ccccc2)c1)c1cccc(C(=O)c2ccccc2)c1.O=C1c2ccccc2C(=O)N1CCCCCCN1C(=O)c2ccccc2C1=O. The molecule has 0 saturated heterocycles. The summed E-state index contributed by atoms with van der Waals surface area (Å²) >= 11 is 0. The predicted molar refractivity (Wildman–Crippen MR) is 249 cm³/mol. The van der Waals surface area contributed by atoms with Crippen molar-refractivity contribution in [2.45, 2.75) is 40.5 Å². The summed E-state index contributed by atoms with van der Waals surface area (Å²) in [5.74, 6) is -2.59. The van der Waals surface area contributed by atoms with Gasteiger partial charge in [-0.15, -0.1) is 0 Å². The summed E-state index contributed by atoms with van der Waals surface area (Å²) < 4.78 is 10.4. The molecule has 0 spiro atoms. The van der Waals surface area contributed by atoms with Gasteiger partial charge in [-0.25, -0.2) is 9.59 Å². The summed E-state index contributed by atoms with van der Waals surface area (Å²) in [6.45, 7) is 0.451. The molecule has 12 heteroatoms. The van der Waals surface area contributed by atoms with Gasteiger partial charge in [0.25, 0.3) is 23.6 Å². The summed E-state index contributed by atoms with van der Waals surface area (Å²) in [5.41, 5.74) is 4.09. The molecule has 66 heavy (non-hydrogen) atoms. The van der Waals surface area contributed by atoms with Gasteiger partial charge in [0.1, 0.15) is 13.2 Å². The molecule has 6 aromatic carbocycles. The maximum atomic E-state index is 12.6. The zero-order chi connectivity index (χ0) is 45.0. The Balaban J connectivity index is 0.000000247. The van der Waals surface area contributed by atoms with E-state index in [1.165, 1.54) is 21.9 Å². The van der Waals surface area contributed by atoms with E-state index in [4.69, 9.17) is 9.47 Å². The lowest BCUT2D eigenvalue weighted by Gasteiger charge is -2.15. The van der Waals surface area contributed by atoms with E-state index in [0.717, 1.165) is 12.8 Å². The number of carbonyl (C=O) groups excluding carboxylic acids is 8. The molecule has 0 aliphatic carbocycles. The molecule has 6 aromatic rings. The van der Waals surface area contributed by atoms with Gasteiger partial charge in [-0.05, 0) is 61.4 Å². The fraction of sp³-hybridized carbons (Fsp3) is 0.185. The van der Waals surface area contributed by atoms with Crippen molar-refractivity contribution in [2.75, 3.05) is 26.3 Å². The van der Waals surface area contributed by atoms with Gasteiger partial charge in [0.05, 0.1) is 33.4 Å². The number of benzene rings is 6. The maximum Gasteiger partial charge on any atom is 0.338 e. The smallest absolute Gasteiger partial charge is 0.338 e. The van der Waals surface area contributed by atoms with Crippen LogP contribution in [0, 0.1) is 0 Å². The highest BCUT2D eigenvalue weighted by atomic mass is 16.6. The van der Waals surface area contributed by atoms with Gasteiger partial charge in [0.15, 0.2) is 11.6 Å². The summed E-state index contributed by atoms with van der Waals surface area (Å²) in [5, 5.41) is 0. The molecule has 0 fully saturated rings. The van der Waals surface area contributed by atoms with Crippen LogP contribution in [0.5, 0.6) is 0 Å². The van der Waals surface area contributed by atoms with Crippen LogP contribution < -0.4 is 0 Å². The van der Waals surface area contributed by atoms with Crippen LogP contribution in [0.25, 0.3) is 0 Å². The highest BCUT2D eigenvalue weighted by Crippen LogP contribution is 2.25. The quantitative estimate of drug-likeness (QED) is 0.0396. The number of carbonyl (C=O) groups is 8. The molecule has 0 bridgehead atoms. The molecule has 0 aromatic heterocycles. The highest BCUT2D eigenvalue weighted by Gasteiger charge is 2.35. The molecule has 12 nitrogen and oxygen atoms in total. The van der Waals surface area contributed by atoms with Crippen molar-refractivity contribution in [3.63, 3.8) is 0 Å². The van der Waals surface area contributed by atoms with Crippen molar-refractivity contribution in [3.8, 4) is 0 Å². The molecular weight excluding hydrogens is 837 g/mol. The lowest BCUT2D eigenvalue weighted by Crippen LogP contribution is -2.31. The van der Waals surface area contributed by atoms with Crippen LogP contribution in [0.15, 0.2) is 158 Å². The third-order valence-corrected chi connectivity index (χ3v) is 10.6. The first-order chi connectivity index (χ1) is 31.1. The second kappa shape index (κ2) is 23.0. The van der Waals surface area contributed by atoms with Gasteiger partial charge < -0.3 is 9.47 Å². The van der Waals surface area contributed by atoms with Crippen LogP contribution in [0.3, 0.4) is 0 Å². The lowest BCUT2D eigenvalue weighted by molar-refractivity contribution is 0.0265. The van der Waals surface area contributed by atoms with E-state index < -0.39 is 11.9 Å². The Bertz CT molecular complexity index is 2490. The van der Waals surface area contributed by atoms with Crippen LogP contribution in [0.2, 0.25) is 0 Å². The van der Waals surface area contributed by atoms with Crippen molar-refractivity contribution in [2.24, 2.45) is 0 Å². The van der Waals surface area contributed by atoms with Crippen molar-refractivity contribution < 1.29 is 47.8 Å². The van der Waals surface area contributed by atoms with Crippen molar-refractivity contribution in [3.05, 3.63) is 213 Å². The first-order valence-corrected chi connectivity index (χ1v) is 20.8. The van der Waals surface area contributed by atoms with E-state index in [1.54, 1.807) is 133 Å². The van der Waals surface area contributed by atoms with Crippen molar-refractivity contribution >= 4 is 47.1 Å². The standard InChI is InChI=1S/C30H22O6.C22H20N2O4.2CH4/c31-27(21-9-3-1-4-10-21)23-13-7-15-25(19-23)29(33)35-17-18-36-30(34)26-16-8-14-24(20-26)28(32)22-11-5-2-6-12-22;25-19-15-9-3-4-10-16(15)20(26)23(19)13-7-1-2-8-14-24-21(27)17-11-5-6-12-18(17)22(24)28;;/h1-16,19-20H,17-18H2;3-6,9-12H,1-2,7-8,13-14H2;2*1H4. The summed E-state index contributed by atoms with van der Waals surface area (Å²) in [6.07, 6.45) is 3.04. The zero-order valence-electron chi connectivity index (χ0n) is 34.6. The van der Waals surface area contributed by atoms with Crippen LogP contribution in [-0.4, -0.2) is 83.2 Å². The number of imide groups is 2. The molecule has 2 aliphatic heterocycles. The monoisotopic (exact) mass is 886 g/mol. The van der Waals surface area contributed by atoms with E-state index in [9.17, 15) is 38.4 Å². The van der Waals surface area contributed by atoms with Gasteiger partial charge in [-0.2, -0.15) is 0 Å². The molecule has 2 heterocycles. The number of ketones is 2. The molecule has 0 N–H and O–H groups in total. The van der Waals surface area contributed by atoms with Crippen LogP contribution in [0.4, 0.5) is 0 Å². The topological polar surface area (TPSA) is 161 Å². The molecule has 0 saturated carbocycles. The number of unbranched alkanes of at least 4 members (excludes halogenated alkanes) is 3. The van der Waals surface area contributed by atoms with Crippen molar-refractivity contribution in [1.29, 1.82) is 0 Å². The minimum absolute atomic E-state index is 0. The number of rotatable bonds is 16. The second-order valence-electron chi connectivity index (χ2n) is 14.9. The Labute approximate surface area is 383 Å². The summed E-state index contributed by atoms with van der Waals surface area (Å²) in [7, 11) is 0. The average molecular weight is 887 g/mol. The van der Waals surface area contributed by atoms with Crippen LogP contribution >= 0.6 is 0 Å².